The molecule has 138 valence electrons. The minimum atomic E-state index is 0.00453. The van der Waals surface area contributed by atoms with Crippen molar-refractivity contribution in [1.82, 2.24) is 14.9 Å². The first-order valence-corrected chi connectivity index (χ1v) is 9.17. The number of nitrogens with zero attached hydrogens (tertiary/aromatic N) is 3. The number of anilines is 1. The second-order valence-corrected chi connectivity index (χ2v) is 6.63. The van der Waals surface area contributed by atoms with Gasteiger partial charge >= 0.3 is 0 Å². The van der Waals surface area contributed by atoms with Gasteiger partial charge in [-0.1, -0.05) is 25.0 Å². The first-order chi connectivity index (χ1) is 12.7. The molecule has 1 saturated heterocycles. The van der Waals surface area contributed by atoms with Gasteiger partial charge in [0.15, 0.2) is 0 Å². The monoisotopic (exact) mass is 354 g/mol. The standard InChI is InChI=1S/C20H26N4O2/c1-15-13-18(19(25)24-11-5-3-4-6-12-24)23-20(22-15)21-14-16-7-9-17(26-2)10-8-16/h7-10,13H,3-6,11-12,14H2,1-2H3,(H,21,22,23). The quantitative estimate of drug-likeness (QED) is 0.891. The van der Waals surface area contributed by atoms with E-state index in [0.29, 0.717) is 18.2 Å². The number of ether oxygens (including phenoxy) is 1. The molecular weight excluding hydrogens is 328 g/mol. The zero-order chi connectivity index (χ0) is 18.4. The summed E-state index contributed by atoms with van der Waals surface area (Å²) < 4.78 is 5.17. The third-order valence-corrected chi connectivity index (χ3v) is 4.58. The molecule has 26 heavy (non-hydrogen) atoms. The molecule has 1 amide bonds. The Hall–Kier alpha value is -2.63. The first kappa shape index (κ1) is 18.2. The van der Waals surface area contributed by atoms with Crippen LogP contribution in [0.25, 0.3) is 0 Å². The molecule has 1 fully saturated rings. The molecule has 1 aromatic heterocycles. The van der Waals surface area contributed by atoms with Crippen molar-refractivity contribution in [2.24, 2.45) is 0 Å². The lowest BCUT2D eigenvalue weighted by atomic mass is 10.2. The van der Waals surface area contributed by atoms with E-state index in [9.17, 15) is 4.79 Å². The molecule has 0 bridgehead atoms. The van der Waals surface area contributed by atoms with Crippen molar-refractivity contribution in [3.8, 4) is 5.75 Å². The normalized spacial score (nSPS) is 14.6. The lowest BCUT2D eigenvalue weighted by Gasteiger charge is -2.20. The Morgan fingerprint density at radius 3 is 2.46 bits per heavy atom. The number of likely N-dealkylation sites (tertiary alicyclic amines) is 1. The number of hydrogen-bond acceptors (Lipinski definition) is 5. The highest BCUT2D eigenvalue weighted by atomic mass is 16.5. The maximum absolute atomic E-state index is 12.8. The Bertz CT molecular complexity index is 738. The van der Waals surface area contributed by atoms with Crippen LogP contribution in [0.1, 0.15) is 47.4 Å². The average Bonchev–Trinajstić information content (AvgIpc) is 2.95. The summed E-state index contributed by atoms with van der Waals surface area (Å²) in [6, 6.07) is 9.59. The molecule has 1 aliphatic rings. The van der Waals surface area contributed by atoms with Crippen molar-refractivity contribution in [1.29, 1.82) is 0 Å². The van der Waals surface area contributed by atoms with Crippen molar-refractivity contribution >= 4 is 11.9 Å². The zero-order valence-corrected chi connectivity index (χ0v) is 15.5. The van der Waals surface area contributed by atoms with E-state index in [1.54, 1.807) is 13.2 Å². The summed E-state index contributed by atoms with van der Waals surface area (Å²) in [5.74, 6) is 1.31. The van der Waals surface area contributed by atoms with Crippen LogP contribution in [0.3, 0.4) is 0 Å². The van der Waals surface area contributed by atoms with Gasteiger partial charge in [0.1, 0.15) is 11.4 Å². The highest BCUT2D eigenvalue weighted by Gasteiger charge is 2.19. The Morgan fingerprint density at radius 1 is 1.12 bits per heavy atom. The van der Waals surface area contributed by atoms with Gasteiger partial charge in [-0.05, 0) is 43.5 Å². The smallest absolute Gasteiger partial charge is 0.272 e. The van der Waals surface area contributed by atoms with Gasteiger partial charge in [-0.25, -0.2) is 9.97 Å². The van der Waals surface area contributed by atoms with Crippen molar-refractivity contribution in [2.75, 3.05) is 25.5 Å². The van der Waals surface area contributed by atoms with E-state index < -0.39 is 0 Å². The molecule has 0 aliphatic carbocycles. The second-order valence-electron chi connectivity index (χ2n) is 6.63. The van der Waals surface area contributed by atoms with E-state index in [4.69, 9.17) is 4.74 Å². The maximum atomic E-state index is 12.8. The summed E-state index contributed by atoms with van der Waals surface area (Å²) in [4.78, 5) is 23.6. The summed E-state index contributed by atoms with van der Waals surface area (Å²) in [6.45, 7) is 4.11. The van der Waals surface area contributed by atoms with E-state index in [2.05, 4.69) is 15.3 Å². The van der Waals surface area contributed by atoms with E-state index in [-0.39, 0.29) is 5.91 Å². The predicted molar refractivity (Wildman–Crippen MR) is 101 cm³/mol. The number of rotatable bonds is 5. The molecule has 1 aromatic carbocycles. The first-order valence-electron chi connectivity index (χ1n) is 9.17. The van der Waals surface area contributed by atoms with Gasteiger partial charge in [0, 0.05) is 25.3 Å². The van der Waals surface area contributed by atoms with E-state index in [1.165, 1.54) is 12.8 Å². The minimum Gasteiger partial charge on any atom is -0.497 e. The molecule has 0 unspecified atom stereocenters. The van der Waals surface area contributed by atoms with Gasteiger partial charge in [-0.2, -0.15) is 0 Å². The Balaban J connectivity index is 1.69. The SMILES string of the molecule is COc1ccc(CNc2nc(C)cc(C(=O)N3CCCCCC3)n2)cc1. The number of benzene rings is 1. The molecule has 0 saturated carbocycles. The summed E-state index contributed by atoms with van der Waals surface area (Å²) in [6.07, 6.45) is 4.53. The number of aryl methyl sites for hydroxylation is 1. The molecule has 0 atom stereocenters. The predicted octanol–water partition coefficient (Wildman–Crippen LogP) is 3.42. The van der Waals surface area contributed by atoms with Crippen molar-refractivity contribution in [3.63, 3.8) is 0 Å². The van der Waals surface area contributed by atoms with Crippen LogP contribution in [-0.2, 0) is 6.54 Å². The minimum absolute atomic E-state index is 0.00453. The second kappa shape index (κ2) is 8.65. The molecule has 0 radical (unpaired) electrons. The number of aromatic nitrogens is 2. The molecule has 2 heterocycles. The van der Waals surface area contributed by atoms with Crippen LogP contribution in [0, 0.1) is 6.92 Å². The summed E-state index contributed by atoms with van der Waals surface area (Å²) >= 11 is 0. The Kier molecular flexibility index (Phi) is 6.04. The number of hydrogen-bond donors (Lipinski definition) is 1. The van der Waals surface area contributed by atoms with Crippen LogP contribution in [0.5, 0.6) is 5.75 Å². The van der Waals surface area contributed by atoms with Crippen molar-refractivity contribution < 1.29 is 9.53 Å². The number of amides is 1. The molecule has 1 N–H and O–H groups in total. The van der Waals surface area contributed by atoms with Gasteiger partial charge in [0.05, 0.1) is 7.11 Å². The molecule has 0 spiro atoms. The Labute approximate surface area is 154 Å². The average molecular weight is 354 g/mol. The lowest BCUT2D eigenvalue weighted by Crippen LogP contribution is -2.32. The highest BCUT2D eigenvalue weighted by Crippen LogP contribution is 2.15. The Morgan fingerprint density at radius 2 is 1.81 bits per heavy atom. The van der Waals surface area contributed by atoms with E-state index in [0.717, 1.165) is 42.9 Å². The fourth-order valence-corrected chi connectivity index (χ4v) is 3.12. The number of carbonyl (C=O) groups excluding carboxylic acids is 1. The lowest BCUT2D eigenvalue weighted by molar-refractivity contribution is 0.0755. The summed E-state index contributed by atoms with van der Waals surface area (Å²) in [5, 5.41) is 3.22. The van der Waals surface area contributed by atoms with Crippen molar-refractivity contribution in [2.45, 2.75) is 39.2 Å². The van der Waals surface area contributed by atoms with Gasteiger partial charge in [-0.15, -0.1) is 0 Å². The van der Waals surface area contributed by atoms with Crippen molar-refractivity contribution in [3.05, 3.63) is 47.3 Å². The maximum Gasteiger partial charge on any atom is 0.272 e. The van der Waals surface area contributed by atoms with Crippen LogP contribution in [0.4, 0.5) is 5.95 Å². The molecule has 3 rings (SSSR count). The molecular formula is C20H26N4O2. The largest absolute Gasteiger partial charge is 0.497 e. The van der Waals surface area contributed by atoms with Gasteiger partial charge < -0.3 is 15.0 Å². The highest BCUT2D eigenvalue weighted by molar-refractivity contribution is 5.92. The third-order valence-electron chi connectivity index (χ3n) is 4.58. The number of carbonyl (C=O) groups is 1. The van der Waals surface area contributed by atoms with Gasteiger partial charge in [-0.3, -0.25) is 4.79 Å². The third kappa shape index (κ3) is 4.71. The summed E-state index contributed by atoms with van der Waals surface area (Å²) in [5.41, 5.74) is 2.35. The van der Waals surface area contributed by atoms with E-state index in [1.807, 2.05) is 36.1 Å². The fraction of sp³-hybridized carbons (Fsp3) is 0.450. The topological polar surface area (TPSA) is 67.3 Å². The van der Waals surface area contributed by atoms with Crippen LogP contribution in [-0.4, -0.2) is 41.0 Å². The van der Waals surface area contributed by atoms with Crippen LogP contribution in [0.15, 0.2) is 30.3 Å². The van der Waals surface area contributed by atoms with Crippen LogP contribution < -0.4 is 10.1 Å². The molecule has 2 aromatic rings. The van der Waals surface area contributed by atoms with Gasteiger partial charge in [0.2, 0.25) is 5.95 Å². The van der Waals surface area contributed by atoms with Crippen LogP contribution in [0.2, 0.25) is 0 Å². The molecule has 1 aliphatic heterocycles. The molecule has 6 heteroatoms. The van der Waals surface area contributed by atoms with Crippen LogP contribution >= 0.6 is 0 Å². The number of methoxy groups -OCH3 is 1. The number of nitrogens with one attached hydrogen (secondary N) is 1. The van der Waals surface area contributed by atoms with Gasteiger partial charge in [0.25, 0.3) is 5.91 Å². The zero-order valence-electron chi connectivity index (χ0n) is 15.5. The van der Waals surface area contributed by atoms with E-state index >= 15 is 0 Å². The summed E-state index contributed by atoms with van der Waals surface area (Å²) in [7, 11) is 1.65. The molecule has 6 nitrogen and oxygen atoms in total. The fourth-order valence-electron chi connectivity index (χ4n) is 3.12.